The van der Waals surface area contributed by atoms with Crippen LogP contribution in [-0.4, -0.2) is 10.9 Å². The zero-order valence-electron chi connectivity index (χ0n) is 12.9. The monoisotopic (exact) mass is 303 g/mol. The van der Waals surface area contributed by atoms with Gasteiger partial charge in [0.25, 0.3) is 5.91 Å². The van der Waals surface area contributed by atoms with Crippen molar-refractivity contribution in [1.82, 2.24) is 10.3 Å². The van der Waals surface area contributed by atoms with Crippen LogP contribution < -0.4 is 10.6 Å². The number of anilines is 1. The third kappa shape index (κ3) is 2.63. The van der Waals surface area contributed by atoms with Crippen LogP contribution in [0.1, 0.15) is 27.2 Å². The molecule has 4 rings (SSSR count). The first-order valence-electron chi connectivity index (χ1n) is 7.70. The van der Waals surface area contributed by atoms with Crippen LogP contribution in [0.4, 0.5) is 5.69 Å². The summed E-state index contributed by atoms with van der Waals surface area (Å²) in [5.41, 5.74) is 6.03. The van der Waals surface area contributed by atoms with E-state index in [-0.39, 0.29) is 5.91 Å². The quantitative estimate of drug-likeness (QED) is 0.779. The highest BCUT2D eigenvalue weighted by molar-refractivity contribution is 5.99. The molecule has 2 heterocycles. The van der Waals surface area contributed by atoms with Crippen LogP contribution in [0.3, 0.4) is 0 Å². The number of nitrogens with zero attached hydrogens (tertiary/aromatic N) is 1. The predicted octanol–water partition coefficient (Wildman–Crippen LogP) is 3.40. The van der Waals surface area contributed by atoms with E-state index < -0.39 is 0 Å². The molecule has 0 aliphatic carbocycles. The molecule has 0 fully saturated rings. The van der Waals surface area contributed by atoms with Gasteiger partial charge < -0.3 is 10.6 Å². The Kier molecular flexibility index (Phi) is 3.23. The first kappa shape index (κ1) is 13.8. The van der Waals surface area contributed by atoms with Crippen molar-refractivity contribution in [3.8, 4) is 0 Å². The van der Waals surface area contributed by atoms with E-state index in [2.05, 4.69) is 39.9 Å². The van der Waals surface area contributed by atoms with Crippen LogP contribution in [0.15, 0.2) is 48.5 Å². The van der Waals surface area contributed by atoms with Crippen molar-refractivity contribution in [3.63, 3.8) is 0 Å². The van der Waals surface area contributed by atoms with E-state index in [0.717, 1.165) is 33.4 Å². The largest absolute Gasteiger partial charge is 0.381 e. The van der Waals surface area contributed by atoms with E-state index in [1.807, 2.05) is 31.2 Å². The molecule has 0 radical (unpaired) electrons. The number of hydrogen-bond acceptors (Lipinski definition) is 3. The van der Waals surface area contributed by atoms with Gasteiger partial charge in [-0.2, -0.15) is 0 Å². The van der Waals surface area contributed by atoms with Crippen molar-refractivity contribution in [2.24, 2.45) is 0 Å². The van der Waals surface area contributed by atoms with Crippen molar-refractivity contribution in [2.45, 2.75) is 20.0 Å². The highest BCUT2D eigenvalue weighted by Crippen LogP contribution is 2.21. The van der Waals surface area contributed by atoms with Crippen molar-refractivity contribution in [1.29, 1.82) is 0 Å². The Morgan fingerprint density at radius 1 is 1.13 bits per heavy atom. The number of carbonyl (C=O) groups excluding carboxylic acids is 1. The molecule has 114 valence electrons. The smallest absolute Gasteiger partial charge is 0.251 e. The van der Waals surface area contributed by atoms with Crippen LogP contribution in [0.5, 0.6) is 0 Å². The number of rotatable bonds is 3. The van der Waals surface area contributed by atoms with Crippen molar-refractivity contribution < 1.29 is 4.79 Å². The molecule has 4 heteroatoms. The maximum absolute atomic E-state index is 11.7. The normalized spacial score (nSPS) is 13.0. The molecular formula is C19H17N3O. The lowest BCUT2D eigenvalue weighted by molar-refractivity contribution is 0.0966. The summed E-state index contributed by atoms with van der Waals surface area (Å²) in [4.78, 5) is 16.2. The minimum Gasteiger partial charge on any atom is -0.381 e. The Morgan fingerprint density at radius 3 is 2.96 bits per heavy atom. The first-order chi connectivity index (χ1) is 11.2. The molecule has 3 aromatic rings. The molecule has 0 atom stereocenters. The van der Waals surface area contributed by atoms with E-state index in [0.29, 0.717) is 13.1 Å². The average Bonchev–Trinajstić information content (AvgIpc) is 2.94. The SMILES string of the molecule is Cc1ccc2cc(CNc3ccc4c(c3)C(=O)NC4)ccc2n1. The average molecular weight is 303 g/mol. The summed E-state index contributed by atoms with van der Waals surface area (Å²) in [6.45, 7) is 3.34. The van der Waals surface area contributed by atoms with Gasteiger partial charge in [-0.1, -0.05) is 18.2 Å². The summed E-state index contributed by atoms with van der Waals surface area (Å²) in [6, 6.07) is 16.4. The van der Waals surface area contributed by atoms with E-state index in [4.69, 9.17) is 0 Å². The van der Waals surface area contributed by atoms with E-state index >= 15 is 0 Å². The van der Waals surface area contributed by atoms with Gasteiger partial charge >= 0.3 is 0 Å². The predicted molar refractivity (Wildman–Crippen MR) is 91.4 cm³/mol. The third-order valence-corrected chi connectivity index (χ3v) is 4.18. The lowest BCUT2D eigenvalue weighted by atomic mass is 10.1. The van der Waals surface area contributed by atoms with Crippen molar-refractivity contribution in [2.75, 3.05) is 5.32 Å². The Hall–Kier alpha value is -2.88. The van der Waals surface area contributed by atoms with Crippen LogP contribution in [0, 0.1) is 6.92 Å². The molecule has 0 unspecified atom stereocenters. The van der Waals surface area contributed by atoms with Gasteiger partial charge in [0, 0.05) is 35.4 Å². The number of aromatic nitrogens is 1. The number of nitrogens with one attached hydrogen (secondary N) is 2. The fourth-order valence-corrected chi connectivity index (χ4v) is 2.91. The standard InChI is InChI=1S/C19H17N3O/c1-12-2-4-14-8-13(3-7-18(14)22-12)10-20-16-6-5-15-11-21-19(23)17(15)9-16/h2-9,20H,10-11H2,1H3,(H,21,23). The van der Waals surface area contributed by atoms with Gasteiger partial charge in [-0.05, 0) is 48.4 Å². The summed E-state index contributed by atoms with van der Waals surface area (Å²) < 4.78 is 0. The van der Waals surface area contributed by atoms with Crippen LogP contribution >= 0.6 is 0 Å². The summed E-state index contributed by atoms with van der Waals surface area (Å²) in [6.07, 6.45) is 0. The minimum absolute atomic E-state index is 0.01000. The Bertz CT molecular complexity index is 918. The fourth-order valence-electron chi connectivity index (χ4n) is 2.91. The van der Waals surface area contributed by atoms with Crippen LogP contribution in [0.25, 0.3) is 10.9 Å². The van der Waals surface area contributed by atoms with Crippen molar-refractivity contribution in [3.05, 3.63) is 70.9 Å². The molecule has 2 N–H and O–H groups in total. The maximum Gasteiger partial charge on any atom is 0.251 e. The summed E-state index contributed by atoms with van der Waals surface area (Å²) in [7, 11) is 0. The summed E-state index contributed by atoms with van der Waals surface area (Å²) in [5.74, 6) is 0.01000. The molecular weight excluding hydrogens is 286 g/mol. The number of carbonyl (C=O) groups is 1. The molecule has 0 spiro atoms. The summed E-state index contributed by atoms with van der Waals surface area (Å²) >= 11 is 0. The molecule has 0 bridgehead atoms. The van der Waals surface area contributed by atoms with Gasteiger partial charge in [-0.3, -0.25) is 9.78 Å². The minimum atomic E-state index is 0.01000. The van der Waals surface area contributed by atoms with Gasteiger partial charge in [-0.15, -0.1) is 0 Å². The second kappa shape index (κ2) is 5.39. The van der Waals surface area contributed by atoms with Gasteiger partial charge in [0.2, 0.25) is 0 Å². The van der Waals surface area contributed by atoms with Crippen molar-refractivity contribution >= 4 is 22.5 Å². The van der Waals surface area contributed by atoms with E-state index in [9.17, 15) is 4.79 Å². The molecule has 1 aliphatic heterocycles. The van der Waals surface area contributed by atoms with E-state index in [1.165, 1.54) is 5.56 Å². The molecule has 0 saturated carbocycles. The zero-order valence-corrected chi connectivity index (χ0v) is 12.9. The highest BCUT2D eigenvalue weighted by atomic mass is 16.1. The second-order valence-electron chi connectivity index (χ2n) is 5.89. The van der Waals surface area contributed by atoms with E-state index in [1.54, 1.807) is 0 Å². The number of hydrogen-bond donors (Lipinski definition) is 2. The number of aryl methyl sites for hydroxylation is 1. The molecule has 1 aliphatic rings. The lowest BCUT2D eigenvalue weighted by Crippen LogP contribution is -2.12. The van der Waals surface area contributed by atoms with Crippen LogP contribution in [0.2, 0.25) is 0 Å². The molecule has 4 nitrogen and oxygen atoms in total. The first-order valence-corrected chi connectivity index (χ1v) is 7.70. The number of benzene rings is 2. The molecule has 0 saturated heterocycles. The Balaban J connectivity index is 1.54. The second-order valence-corrected chi connectivity index (χ2v) is 5.89. The van der Waals surface area contributed by atoms with Gasteiger partial charge in [0.05, 0.1) is 5.52 Å². The third-order valence-electron chi connectivity index (χ3n) is 4.18. The Labute approximate surface area is 134 Å². The number of pyridine rings is 1. The Morgan fingerprint density at radius 2 is 2.04 bits per heavy atom. The van der Waals surface area contributed by atoms with Crippen LogP contribution in [-0.2, 0) is 13.1 Å². The topological polar surface area (TPSA) is 54.0 Å². The maximum atomic E-state index is 11.7. The molecule has 23 heavy (non-hydrogen) atoms. The summed E-state index contributed by atoms with van der Waals surface area (Å²) in [5, 5.41) is 7.37. The van der Waals surface area contributed by atoms with Gasteiger partial charge in [0.15, 0.2) is 0 Å². The molecule has 1 amide bonds. The number of fused-ring (bicyclic) bond motifs is 2. The number of amides is 1. The molecule has 1 aromatic heterocycles. The van der Waals surface area contributed by atoms with Gasteiger partial charge in [0.1, 0.15) is 0 Å². The lowest BCUT2D eigenvalue weighted by Gasteiger charge is -2.09. The fraction of sp³-hybridized carbons (Fsp3) is 0.158. The zero-order chi connectivity index (χ0) is 15.8. The van der Waals surface area contributed by atoms with Gasteiger partial charge in [-0.25, -0.2) is 0 Å². The highest BCUT2D eigenvalue weighted by Gasteiger charge is 2.18. The molecule has 2 aromatic carbocycles.